The van der Waals surface area contributed by atoms with Crippen molar-refractivity contribution in [2.24, 2.45) is 7.05 Å². The predicted molar refractivity (Wildman–Crippen MR) is 85.4 cm³/mol. The summed E-state index contributed by atoms with van der Waals surface area (Å²) >= 11 is 0. The lowest BCUT2D eigenvalue weighted by molar-refractivity contribution is 0.102. The van der Waals surface area contributed by atoms with Crippen molar-refractivity contribution in [2.45, 2.75) is 0 Å². The van der Waals surface area contributed by atoms with Crippen LogP contribution in [0.5, 0.6) is 0 Å². The van der Waals surface area contributed by atoms with Gasteiger partial charge in [-0.15, -0.1) is 0 Å². The molecule has 0 aliphatic carbocycles. The largest absolute Gasteiger partial charge is 0.326 e. The Kier molecular flexibility index (Phi) is 2.77. The molecule has 1 aromatic carbocycles. The molecule has 3 N–H and O–H groups in total. The molecule has 0 unspecified atom stereocenters. The van der Waals surface area contributed by atoms with E-state index in [0.717, 1.165) is 11.0 Å². The second-order valence-corrected chi connectivity index (χ2v) is 5.15. The Hall–Kier alpha value is -3.42. The Labute approximate surface area is 129 Å². The van der Waals surface area contributed by atoms with Gasteiger partial charge in [0.15, 0.2) is 0 Å². The Morgan fingerprint density at radius 2 is 1.96 bits per heavy atom. The van der Waals surface area contributed by atoms with E-state index >= 15 is 0 Å². The van der Waals surface area contributed by atoms with E-state index in [1.165, 1.54) is 4.57 Å². The molecular weight excluding hydrogens is 296 g/mol. The molecule has 0 fully saturated rings. The van der Waals surface area contributed by atoms with Gasteiger partial charge in [-0.05, 0) is 24.3 Å². The van der Waals surface area contributed by atoms with Gasteiger partial charge in [0.2, 0.25) is 5.95 Å². The number of carbonyl (C=O) groups excluding carboxylic acids is 1. The minimum absolute atomic E-state index is 0.182. The lowest BCUT2D eigenvalue weighted by atomic mass is 10.2. The first-order valence-electron chi connectivity index (χ1n) is 6.92. The van der Waals surface area contributed by atoms with Crippen LogP contribution < -0.4 is 11.0 Å². The van der Waals surface area contributed by atoms with E-state index in [-0.39, 0.29) is 11.6 Å². The van der Waals surface area contributed by atoms with Crippen LogP contribution in [-0.2, 0) is 7.05 Å². The van der Waals surface area contributed by atoms with Gasteiger partial charge in [0.1, 0.15) is 0 Å². The molecule has 3 aromatic heterocycles. The van der Waals surface area contributed by atoms with Crippen molar-refractivity contribution < 1.29 is 4.79 Å². The molecule has 8 heteroatoms. The zero-order valence-corrected chi connectivity index (χ0v) is 12.1. The minimum atomic E-state index is -0.274. The van der Waals surface area contributed by atoms with Crippen molar-refractivity contribution in [3.63, 3.8) is 0 Å². The van der Waals surface area contributed by atoms with Gasteiger partial charge in [-0.3, -0.25) is 19.7 Å². The molecule has 0 aliphatic heterocycles. The first-order valence-corrected chi connectivity index (χ1v) is 6.92. The Morgan fingerprint density at radius 3 is 2.74 bits per heavy atom. The van der Waals surface area contributed by atoms with Gasteiger partial charge in [-0.25, -0.2) is 9.78 Å². The summed E-state index contributed by atoms with van der Waals surface area (Å²) in [5.41, 5.74) is 3.16. The number of pyridine rings is 1. The summed E-state index contributed by atoms with van der Waals surface area (Å²) in [4.78, 5) is 37.8. The first-order chi connectivity index (χ1) is 11.1. The zero-order chi connectivity index (χ0) is 16.0. The number of H-pyrrole nitrogens is 2. The van der Waals surface area contributed by atoms with Gasteiger partial charge in [0, 0.05) is 25.0 Å². The number of rotatable bonds is 2. The fourth-order valence-electron chi connectivity index (χ4n) is 2.47. The van der Waals surface area contributed by atoms with Crippen molar-refractivity contribution in [1.82, 2.24) is 24.5 Å². The molecule has 0 atom stereocenters. The van der Waals surface area contributed by atoms with Crippen molar-refractivity contribution >= 4 is 33.9 Å². The van der Waals surface area contributed by atoms with Crippen molar-refractivity contribution in [1.29, 1.82) is 0 Å². The molecule has 4 aromatic rings. The number of hydrogen-bond acceptors (Lipinski definition) is 4. The van der Waals surface area contributed by atoms with Gasteiger partial charge >= 0.3 is 5.69 Å². The van der Waals surface area contributed by atoms with Crippen LogP contribution in [0.3, 0.4) is 0 Å². The number of aryl methyl sites for hydroxylation is 1. The topological polar surface area (TPSA) is 108 Å². The highest BCUT2D eigenvalue weighted by Gasteiger charge is 2.11. The molecule has 8 nitrogen and oxygen atoms in total. The molecule has 0 saturated carbocycles. The van der Waals surface area contributed by atoms with E-state index in [1.807, 2.05) is 0 Å². The summed E-state index contributed by atoms with van der Waals surface area (Å²) in [5, 5.41) is 2.71. The zero-order valence-electron chi connectivity index (χ0n) is 12.1. The summed E-state index contributed by atoms with van der Waals surface area (Å²) in [6.45, 7) is 0. The summed E-state index contributed by atoms with van der Waals surface area (Å²) < 4.78 is 1.51. The maximum absolute atomic E-state index is 12.1. The Morgan fingerprint density at radius 1 is 1.17 bits per heavy atom. The van der Waals surface area contributed by atoms with E-state index in [2.05, 4.69) is 25.3 Å². The standard InChI is InChI=1S/C15H12N6O2/c1-21-12-7-10-9(6-11(12)19-15(21)23)17-14(18-10)20-13(22)8-2-4-16-5-3-8/h2-7H,1H3,(H,19,23)(H2,17,18,20,22). The molecule has 0 aliphatic rings. The van der Waals surface area contributed by atoms with Crippen LogP contribution in [0, 0.1) is 0 Å². The van der Waals surface area contributed by atoms with Gasteiger partial charge in [0.05, 0.1) is 22.1 Å². The molecule has 114 valence electrons. The fraction of sp³-hybridized carbons (Fsp3) is 0.0667. The van der Waals surface area contributed by atoms with Crippen molar-refractivity contribution in [2.75, 3.05) is 5.32 Å². The van der Waals surface area contributed by atoms with Gasteiger partial charge < -0.3 is 9.97 Å². The molecule has 3 heterocycles. The lowest BCUT2D eigenvalue weighted by Crippen LogP contribution is -2.12. The third-order valence-corrected chi connectivity index (χ3v) is 3.68. The van der Waals surface area contributed by atoms with Gasteiger partial charge in [-0.2, -0.15) is 0 Å². The second-order valence-electron chi connectivity index (χ2n) is 5.15. The molecule has 23 heavy (non-hydrogen) atoms. The SMILES string of the molecule is Cn1c(=O)[nH]c2cc3[nH]c(NC(=O)c4ccncc4)nc3cc21. The lowest BCUT2D eigenvalue weighted by Gasteiger charge is -2.00. The number of nitrogens with one attached hydrogen (secondary N) is 3. The summed E-state index contributed by atoms with van der Waals surface area (Å²) in [7, 11) is 1.69. The second kappa shape index (κ2) is 4.80. The predicted octanol–water partition coefficient (Wildman–Crippen LogP) is 1.39. The van der Waals surface area contributed by atoms with Crippen molar-refractivity contribution in [3.05, 3.63) is 52.7 Å². The van der Waals surface area contributed by atoms with Gasteiger partial charge in [0.25, 0.3) is 5.91 Å². The van der Waals surface area contributed by atoms with Crippen LogP contribution in [0.1, 0.15) is 10.4 Å². The summed E-state index contributed by atoms with van der Waals surface area (Å²) in [5.74, 6) is 0.0730. The van der Waals surface area contributed by atoms with Crippen LogP contribution in [-0.4, -0.2) is 30.4 Å². The van der Waals surface area contributed by atoms with Crippen molar-refractivity contribution in [3.8, 4) is 0 Å². The average Bonchev–Trinajstić information content (AvgIpc) is 3.06. The Bertz CT molecular complexity index is 1090. The first kappa shape index (κ1) is 13.3. The fourth-order valence-corrected chi connectivity index (χ4v) is 2.47. The number of imidazole rings is 2. The minimum Gasteiger partial charge on any atom is -0.324 e. The van der Waals surface area contributed by atoms with Crippen LogP contribution in [0.25, 0.3) is 22.1 Å². The van der Waals surface area contributed by atoms with Gasteiger partial charge in [-0.1, -0.05) is 0 Å². The highest BCUT2D eigenvalue weighted by molar-refractivity contribution is 6.04. The number of anilines is 1. The van der Waals surface area contributed by atoms with E-state index in [0.29, 0.717) is 22.5 Å². The monoisotopic (exact) mass is 308 g/mol. The maximum Gasteiger partial charge on any atom is 0.326 e. The molecular formula is C15H12N6O2. The number of nitrogens with zero attached hydrogens (tertiary/aromatic N) is 3. The number of fused-ring (bicyclic) bond motifs is 2. The summed E-state index contributed by atoms with van der Waals surface area (Å²) in [6.07, 6.45) is 3.10. The molecule has 4 rings (SSSR count). The average molecular weight is 308 g/mol. The molecule has 0 radical (unpaired) electrons. The number of amides is 1. The van der Waals surface area contributed by atoms with Crippen LogP contribution in [0.15, 0.2) is 41.5 Å². The molecule has 1 amide bonds. The smallest absolute Gasteiger partial charge is 0.324 e. The molecule has 0 bridgehead atoms. The van der Waals surface area contributed by atoms with E-state index in [4.69, 9.17) is 0 Å². The normalized spacial score (nSPS) is 11.2. The highest BCUT2D eigenvalue weighted by atomic mass is 16.2. The number of carbonyl (C=O) groups is 1. The third-order valence-electron chi connectivity index (χ3n) is 3.68. The van der Waals surface area contributed by atoms with E-state index in [1.54, 1.807) is 43.7 Å². The molecule has 0 spiro atoms. The quantitative estimate of drug-likeness (QED) is 0.520. The van der Waals surface area contributed by atoms with Crippen LogP contribution >= 0.6 is 0 Å². The number of aromatic amines is 2. The number of hydrogen-bond donors (Lipinski definition) is 3. The number of benzene rings is 1. The number of aromatic nitrogens is 5. The third kappa shape index (κ3) is 2.16. The van der Waals surface area contributed by atoms with Crippen LogP contribution in [0.4, 0.5) is 5.95 Å². The van der Waals surface area contributed by atoms with Crippen LogP contribution in [0.2, 0.25) is 0 Å². The molecule has 0 saturated heterocycles. The van der Waals surface area contributed by atoms with E-state index < -0.39 is 0 Å². The summed E-state index contributed by atoms with van der Waals surface area (Å²) in [6, 6.07) is 6.83. The Balaban J connectivity index is 1.73. The highest BCUT2D eigenvalue weighted by Crippen LogP contribution is 2.20. The van der Waals surface area contributed by atoms with E-state index in [9.17, 15) is 9.59 Å². The maximum atomic E-state index is 12.1.